The highest BCUT2D eigenvalue weighted by molar-refractivity contribution is 5.93. The van der Waals surface area contributed by atoms with E-state index < -0.39 is 0 Å². The van der Waals surface area contributed by atoms with E-state index >= 15 is 0 Å². The molecular formula is C35H34N6O2. The summed E-state index contributed by atoms with van der Waals surface area (Å²) in [6.45, 7) is 2.62. The summed E-state index contributed by atoms with van der Waals surface area (Å²) in [5, 5.41) is 18.3. The third-order valence-electron chi connectivity index (χ3n) is 8.90. The highest BCUT2D eigenvalue weighted by atomic mass is 16.5. The average molecular weight is 571 g/mol. The first-order valence-corrected chi connectivity index (χ1v) is 14.9. The number of rotatable bonds is 7. The maximum atomic E-state index is 9.72. The van der Waals surface area contributed by atoms with Gasteiger partial charge < -0.3 is 14.8 Å². The Morgan fingerprint density at radius 3 is 2.53 bits per heavy atom. The van der Waals surface area contributed by atoms with E-state index in [2.05, 4.69) is 47.8 Å². The summed E-state index contributed by atoms with van der Waals surface area (Å²) in [7, 11) is 3.35. The second-order valence-corrected chi connectivity index (χ2v) is 11.4. The Morgan fingerprint density at radius 2 is 1.81 bits per heavy atom. The predicted octanol–water partition coefficient (Wildman–Crippen LogP) is 6.25. The zero-order valence-corrected chi connectivity index (χ0v) is 24.5. The normalized spacial score (nSPS) is 16.6. The quantitative estimate of drug-likeness (QED) is 0.247. The fraction of sp³-hybridized carbons (Fsp3) is 0.314. The molecule has 2 aromatic carbocycles. The highest BCUT2D eigenvalue weighted by Gasteiger charge is 2.27. The Hall–Kier alpha value is -4.74. The summed E-state index contributed by atoms with van der Waals surface area (Å²) in [4.78, 5) is 10.2. The molecule has 1 atom stereocenters. The monoisotopic (exact) mass is 570 g/mol. The molecule has 7 rings (SSSR count). The topological polar surface area (TPSA) is 97.9 Å². The molecule has 0 saturated carbocycles. The van der Waals surface area contributed by atoms with Gasteiger partial charge in [0.05, 0.1) is 38.3 Å². The van der Waals surface area contributed by atoms with Crippen LogP contribution in [0.1, 0.15) is 53.5 Å². The maximum Gasteiger partial charge on any atom is 0.147 e. The second kappa shape index (κ2) is 11.5. The molecule has 0 radical (unpaired) electrons. The van der Waals surface area contributed by atoms with E-state index in [0.717, 1.165) is 94.9 Å². The van der Waals surface area contributed by atoms with Gasteiger partial charge in [-0.2, -0.15) is 10.4 Å². The smallest absolute Gasteiger partial charge is 0.147 e. The number of pyridine rings is 2. The molecule has 4 heterocycles. The van der Waals surface area contributed by atoms with Crippen molar-refractivity contribution in [1.29, 1.82) is 5.26 Å². The minimum atomic E-state index is -0.0861. The van der Waals surface area contributed by atoms with Gasteiger partial charge in [-0.1, -0.05) is 30.3 Å². The SMILES string of the molecule is COc1ccc(Cn2nc(-c3ccc(C4CCNCC4)nc3)c3nc(-c4cccc5c4CCC5C#N)c(OC)cc32)cc1. The van der Waals surface area contributed by atoms with Crippen LogP contribution in [0.3, 0.4) is 0 Å². The van der Waals surface area contributed by atoms with E-state index in [-0.39, 0.29) is 5.92 Å². The number of hydrogen-bond donors (Lipinski definition) is 1. The number of hydrogen-bond acceptors (Lipinski definition) is 7. The number of nitriles is 1. The van der Waals surface area contributed by atoms with Crippen LogP contribution in [0.2, 0.25) is 0 Å². The first-order chi connectivity index (χ1) is 21.2. The molecule has 3 aromatic heterocycles. The van der Waals surface area contributed by atoms with Gasteiger partial charge in [-0.25, -0.2) is 4.98 Å². The lowest BCUT2D eigenvalue weighted by molar-refractivity contribution is 0.414. The van der Waals surface area contributed by atoms with E-state index in [0.29, 0.717) is 18.2 Å². The van der Waals surface area contributed by atoms with Crippen LogP contribution in [0.15, 0.2) is 66.9 Å². The minimum absolute atomic E-state index is 0.0861. The Balaban J connectivity index is 1.37. The molecule has 1 fully saturated rings. The number of methoxy groups -OCH3 is 2. The van der Waals surface area contributed by atoms with Crippen LogP contribution in [0.5, 0.6) is 11.5 Å². The van der Waals surface area contributed by atoms with E-state index in [1.807, 2.05) is 35.1 Å². The highest BCUT2D eigenvalue weighted by Crippen LogP contribution is 2.42. The Kier molecular flexibility index (Phi) is 7.25. The summed E-state index contributed by atoms with van der Waals surface area (Å²) in [5.74, 6) is 1.89. The summed E-state index contributed by atoms with van der Waals surface area (Å²) >= 11 is 0. The van der Waals surface area contributed by atoms with Crippen molar-refractivity contribution in [2.45, 2.75) is 44.1 Å². The van der Waals surface area contributed by atoms with E-state index in [4.69, 9.17) is 24.5 Å². The Labute approximate surface area is 251 Å². The second-order valence-electron chi connectivity index (χ2n) is 11.4. The van der Waals surface area contributed by atoms with E-state index in [1.54, 1.807) is 14.2 Å². The molecule has 2 aliphatic rings. The largest absolute Gasteiger partial charge is 0.497 e. The zero-order chi connectivity index (χ0) is 29.3. The molecule has 1 aliphatic heterocycles. The molecule has 1 N–H and O–H groups in total. The number of aromatic nitrogens is 4. The standard InChI is InChI=1S/C35H34N6O2/c1-42-26-10-6-22(7-11-26)21-41-31-18-32(43-2)34(29-5-3-4-27-24(19-36)8-12-28(27)29)39-35(31)33(40-41)25-9-13-30(38-20-25)23-14-16-37-17-15-23/h3-7,9-11,13,18,20,23-24,37H,8,12,14-17,21H2,1-2H3. The van der Waals surface area contributed by atoms with Crippen LogP contribution < -0.4 is 14.8 Å². The van der Waals surface area contributed by atoms with Crippen LogP contribution in [0, 0.1) is 11.3 Å². The third-order valence-corrected chi connectivity index (χ3v) is 8.90. The molecule has 0 amide bonds. The number of benzene rings is 2. The van der Waals surface area contributed by atoms with Crippen molar-refractivity contribution in [3.8, 4) is 40.1 Å². The summed E-state index contributed by atoms with van der Waals surface area (Å²) < 4.78 is 13.3. The van der Waals surface area contributed by atoms with Crippen molar-refractivity contribution in [3.05, 3.63) is 89.2 Å². The van der Waals surface area contributed by atoms with Crippen LogP contribution in [0.4, 0.5) is 0 Å². The van der Waals surface area contributed by atoms with Crippen molar-refractivity contribution in [1.82, 2.24) is 25.1 Å². The molecule has 1 unspecified atom stereocenters. The molecular weight excluding hydrogens is 536 g/mol. The fourth-order valence-corrected chi connectivity index (χ4v) is 6.56. The van der Waals surface area contributed by atoms with Crippen molar-refractivity contribution >= 4 is 11.0 Å². The third kappa shape index (κ3) is 5.00. The van der Waals surface area contributed by atoms with Crippen LogP contribution >= 0.6 is 0 Å². The molecule has 0 spiro atoms. The lowest BCUT2D eigenvalue weighted by Gasteiger charge is -2.22. The van der Waals surface area contributed by atoms with E-state index in [9.17, 15) is 5.26 Å². The first-order valence-electron chi connectivity index (χ1n) is 14.9. The molecule has 0 bridgehead atoms. The zero-order valence-electron chi connectivity index (χ0n) is 24.5. The van der Waals surface area contributed by atoms with Crippen LogP contribution in [-0.4, -0.2) is 47.1 Å². The fourth-order valence-electron chi connectivity index (χ4n) is 6.56. The molecule has 1 saturated heterocycles. The van der Waals surface area contributed by atoms with Gasteiger partial charge in [0.1, 0.15) is 28.4 Å². The number of nitrogens with zero attached hydrogens (tertiary/aromatic N) is 5. The first kappa shape index (κ1) is 27.1. The van der Waals surface area contributed by atoms with Gasteiger partial charge in [0.15, 0.2) is 0 Å². The van der Waals surface area contributed by atoms with Gasteiger partial charge in [-0.05, 0) is 79.7 Å². The summed E-state index contributed by atoms with van der Waals surface area (Å²) in [6.07, 6.45) is 5.82. The van der Waals surface area contributed by atoms with Gasteiger partial charge in [0.25, 0.3) is 0 Å². The summed E-state index contributed by atoms with van der Waals surface area (Å²) in [6, 6.07) is 23.0. The van der Waals surface area contributed by atoms with Gasteiger partial charge >= 0.3 is 0 Å². The Morgan fingerprint density at radius 1 is 0.977 bits per heavy atom. The van der Waals surface area contributed by atoms with Crippen molar-refractivity contribution in [3.63, 3.8) is 0 Å². The summed E-state index contributed by atoms with van der Waals surface area (Å²) in [5.41, 5.74) is 9.71. The van der Waals surface area contributed by atoms with Gasteiger partial charge in [-0.3, -0.25) is 9.67 Å². The van der Waals surface area contributed by atoms with E-state index in [1.165, 1.54) is 5.56 Å². The predicted molar refractivity (Wildman–Crippen MR) is 166 cm³/mol. The van der Waals surface area contributed by atoms with Crippen LogP contribution in [0.25, 0.3) is 33.5 Å². The average Bonchev–Trinajstić information content (AvgIpc) is 3.66. The van der Waals surface area contributed by atoms with Crippen molar-refractivity contribution in [2.75, 3.05) is 27.3 Å². The Bertz CT molecular complexity index is 1820. The van der Waals surface area contributed by atoms with Crippen LogP contribution in [-0.2, 0) is 13.0 Å². The molecule has 43 heavy (non-hydrogen) atoms. The maximum absolute atomic E-state index is 9.72. The van der Waals surface area contributed by atoms with Gasteiger partial charge in [-0.15, -0.1) is 0 Å². The molecule has 216 valence electrons. The number of piperidine rings is 1. The lowest BCUT2D eigenvalue weighted by atomic mass is 9.94. The minimum Gasteiger partial charge on any atom is -0.497 e. The molecule has 1 aliphatic carbocycles. The molecule has 8 heteroatoms. The number of nitrogens with one attached hydrogen (secondary N) is 1. The number of fused-ring (bicyclic) bond motifs is 2. The number of ether oxygens (including phenoxy) is 2. The van der Waals surface area contributed by atoms with Crippen molar-refractivity contribution in [2.24, 2.45) is 0 Å². The van der Waals surface area contributed by atoms with Gasteiger partial charge in [0.2, 0.25) is 0 Å². The molecule has 8 nitrogen and oxygen atoms in total. The van der Waals surface area contributed by atoms with Gasteiger partial charge in [0, 0.05) is 35.0 Å². The molecule has 5 aromatic rings. The van der Waals surface area contributed by atoms with Crippen molar-refractivity contribution < 1.29 is 9.47 Å². The lowest BCUT2D eigenvalue weighted by Crippen LogP contribution is -2.26.